The van der Waals surface area contributed by atoms with E-state index in [2.05, 4.69) is 18.8 Å². The maximum Gasteiger partial charge on any atom is 0.195 e. The van der Waals surface area contributed by atoms with Gasteiger partial charge in [-0.25, -0.2) is 0 Å². The van der Waals surface area contributed by atoms with Gasteiger partial charge in [0.15, 0.2) is 5.78 Å². The van der Waals surface area contributed by atoms with Crippen LogP contribution in [-0.4, -0.2) is 51.5 Å². The van der Waals surface area contributed by atoms with Gasteiger partial charge in [0.2, 0.25) is 0 Å². The number of aromatic amines is 1. The van der Waals surface area contributed by atoms with Crippen LogP contribution in [0.3, 0.4) is 0 Å². The number of hydrogen-bond donors (Lipinski definition) is 4. The Morgan fingerprint density at radius 3 is 2.61 bits per heavy atom. The molecular weight excluding hydrogens is 358 g/mol. The van der Waals surface area contributed by atoms with Gasteiger partial charge in [0.1, 0.15) is 24.6 Å². The standard InChI is InChI=1S/C22H23NO5/c1-22(2)15-9-12(28-11-18(26)17(25)10-24)7-8-13(15)20(27)19-14-5-3-4-6-16(14)23-21(19)22/h3-9,17-18,23-26H,10-11H2,1-2H3/t17-,18-/m1/s1. The van der Waals surface area contributed by atoms with Crippen LogP contribution in [-0.2, 0) is 5.41 Å². The summed E-state index contributed by atoms with van der Waals surface area (Å²) in [6, 6.07) is 13.0. The quantitative estimate of drug-likeness (QED) is 0.542. The van der Waals surface area contributed by atoms with Crippen molar-refractivity contribution in [2.45, 2.75) is 31.5 Å². The molecule has 0 spiro atoms. The number of benzene rings is 2. The van der Waals surface area contributed by atoms with Gasteiger partial charge in [0, 0.05) is 27.6 Å². The van der Waals surface area contributed by atoms with Crippen LogP contribution in [0.1, 0.15) is 41.0 Å². The fraction of sp³-hybridized carbons (Fsp3) is 0.318. The minimum atomic E-state index is -1.26. The summed E-state index contributed by atoms with van der Waals surface area (Å²) in [5.74, 6) is 0.465. The van der Waals surface area contributed by atoms with Gasteiger partial charge >= 0.3 is 0 Å². The van der Waals surface area contributed by atoms with E-state index in [0.29, 0.717) is 16.9 Å². The molecule has 0 unspecified atom stereocenters. The normalized spacial score (nSPS) is 17.1. The van der Waals surface area contributed by atoms with E-state index < -0.39 is 24.2 Å². The van der Waals surface area contributed by atoms with Gasteiger partial charge in [-0.05, 0) is 29.8 Å². The van der Waals surface area contributed by atoms with Crippen molar-refractivity contribution in [3.63, 3.8) is 0 Å². The molecule has 146 valence electrons. The van der Waals surface area contributed by atoms with Crippen LogP contribution in [0.15, 0.2) is 42.5 Å². The van der Waals surface area contributed by atoms with E-state index in [4.69, 9.17) is 9.84 Å². The average Bonchev–Trinajstić information content (AvgIpc) is 3.10. The number of H-pyrrole nitrogens is 1. The van der Waals surface area contributed by atoms with Crippen molar-refractivity contribution in [3.8, 4) is 5.75 Å². The van der Waals surface area contributed by atoms with Gasteiger partial charge in [-0.15, -0.1) is 0 Å². The molecule has 0 amide bonds. The number of nitrogens with one attached hydrogen (secondary N) is 1. The molecule has 6 heteroatoms. The number of carbonyl (C=O) groups is 1. The van der Waals surface area contributed by atoms with Crippen LogP contribution in [0, 0.1) is 0 Å². The summed E-state index contributed by atoms with van der Waals surface area (Å²) in [5, 5.41) is 29.1. The third-order valence-corrected chi connectivity index (χ3v) is 5.52. The highest BCUT2D eigenvalue weighted by Gasteiger charge is 2.39. The summed E-state index contributed by atoms with van der Waals surface area (Å²) in [5.41, 5.74) is 3.54. The van der Waals surface area contributed by atoms with E-state index in [1.54, 1.807) is 18.2 Å². The molecule has 0 aliphatic heterocycles. The van der Waals surface area contributed by atoms with Crippen molar-refractivity contribution in [1.29, 1.82) is 0 Å². The molecule has 0 radical (unpaired) electrons. The molecule has 0 saturated heterocycles. The monoisotopic (exact) mass is 381 g/mol. The first-order valence-corrected chi connectivity index (χ1v) is 9.24. The summed E-state index contributed by atoms with van der Waals surface area (Å²) in [6.07, 6.45) is -2.46. The third kappa shape index (κ3) is 2.81. The second-order valence-corrected chi connectivity index (χ2v) is 7.71. The molecule has 0 saturated carbocycles. The highest BCUT2D eigenvalue weighted by atomic mass is 16.5. The Hall–Kier alpha value is -2.67. The number of fused-ring (bicyclic) bond motifs is 4. The number of carbonyl (C=O) groups excluding carboxylic acids is 1. The maximum absolute atomic E-state index is 13.2. The molecule has 1 heterocycles. The van der Waals surface area contributed by atoms with E-state index in [1.165, 1.54) is 0 Å². The Morgan fingerprint density at radius 1 is 1.11 bits per heavy atom. The number of hydrogen-bond acceptors (Lipinski definition) is 5. The van der Waals surface area contributed by atoms with Crippen molar-refractivity contribution >= 4 is 16.7 Å². The maximum atomic E-state index is 13.2. The van der Waals surface area contributed by atoms with Crippen molar-refractivity contribution < 1.29 is 24.9 Å². The highest BCUT2D eigenvalue weighted by molar-refractivity contribution is 6.20. The number of aromatic nitrogens is 1. The third-order valence-electron chi connectivity index (χ3n) is 5.52. The number of aliphatic hydroxyl groups excluding tert-OH is 3. The fourth-order valence-corrected chi connectivity index (χ4v) is 3.86. The smallest absolute Gasteiger partial charge is 0.195 e. The molecule has 0 bridgehead atoms. The Bertz CT molecular complexity index is 1050. The fourth-order valence-electron chi connectivity index (χ4n) is 3.86. The molecule has 4 N–H and O–H groups in total. The van der Waals surface area contributed by atoms with Crippen molar-refractivity contribution in [3.05, 3.63) is 64.8 Å². The number of aliphatic hydroxyl groups is 3. The molecule has 1 aliphatic carbocycles. The van der Waals surface area contributed by atoms with Gasteiger partial charge < -0.3 is 25.0 Å². The Balaban J connectivity index is 1.73. The van der Waals surface area contributed by atoms with Crippen molar-refractivity contribution in [2.24, 2.45) is 0 Å². The van der Waals surface area contributed by atoms with Crippen LogP contribution < -0.4 is 4.74 Å². The lowest BCUT2D eigenvalue weighted by molar-refractivity contribution is -0.0339. The van der Waals surface area contributed by atoms with Crippen LogP contribution >= 0.6 is 0 Å². The zero-order chi connectivity index (χ0) is 20.1. The van der Waals surface area contributed by atoms with Crippen molar-refractivity contribution in [1.82, 2.24) is 4.98 Å². The topological polar surface area (TPSA) is 103 Å². The molecule has 2 atom stereocenters. The molecule has 1 aromatic heterocycles. The minimum Gasteiger partial charge on any atom is -0.491 e. The first-order valence-electron chi connectivity index (χ1n) is 9.24. The SMILES string of the molecule is CC1(C)c2cc(OC[C@@H](O)[C@H](O)CO)ccc2C(=O)c2c1[nH]c1ccccc21. The molecule has 28 heavy (non-hydrogen) atoms. The van der Waals surface area contributed by atoms with E-state index in [9.17, 15) is 15.0 Å². The van der Waals surface area contributed by atoms with Crippen LogP contribution in [0.4, 0.5) is 0 Å². The minimum absolute atomic E-state index is 0.0240. The zero-order valence-corrected chi connectivity index (χ0v) is 15.8. The summed E-state index contributed by atoms with van der Waals surface area (Å²) < 4.78 is 5.59. The number of ether oxygens (including phenoxy) is 1. The first kappa shape index (κ1) is 18.7. The number of rotatable bonds is 5. The van der Waals surface area contributed by atoms with E-state index in [0.717, 1.165) is 22.2 Å². The Morgan fingerprint density at radius 2 is 1.86 bits per heavy atom. The lowest BCUT2D eigenvalue weighted by Crippen LogP contribution is -2.34. The summed E-state index contributed by atoms with van der Waals surface area (Å²) >= 11 is 0. The lowest BCUT2D eigenvalue weighted by atomic mass is 9.71. The summed E-state index contributed by atoms with van der Waals surface area (Å²) in [7, 11) is 0. The average molecular weight is 381 g/mol. The van der Waals surface area contributed by atoms with Gasteiger partial charge in [0.25, 0.3) is 0 Å². The van der Waals surface area contributed by atoms with Crippen LogP contribution in [0.5, 0.6) is 5.75 Å². The molecule has 0 fully saturated rings. The Labute approximate surface area is 162 Å². The van der Waals surface area contributed by atoms with Gasteiger partial charge in [-0.2, -0.15) is 0 Å². The predicted octanol–water partition coefficient (Wildman–Crippen LogP) is 2.13. The molecular formula is C22H23NO5. The van der Waals surface area contributed by atoms with Crippen LogP contribution in [0.2, 0.25) is 0 Å². The van der Waals surface area contributed by atoms with Gasteiger partial charge in [-0.1, -0.05) is 32.0 Å². The molecule has 3 aromatic rings. The first-order chi connectivity index (χ1) is 13.3. The van der Waals surface area contributed by atoms with E-state index in [1.807, 2.05) is 24.3 Å². The second kappa shape index (κ2) is 6.74. The van der Waals surface area contributed by atoms with E-state index >= 15 is 0 Å². The molecule has 2 aromatic carbocycles. The van der Waals surface area contributed by atoms with Crippen LogP contribution in [0.25, 0.3) is 10.9 Å². The van der Waals surface area contributed by atoms with Gasteiger partial charge in [0.05, 0.1) is 12.2 Å². The largest absolute Gasteiger partial charge is 0.491 e. The molecule has 6 nitrogen and oxygen atoms in total. The number of para-hydroxylation sites is 1. The summed E-state index contributed by atoms with van der Waals surface area (Å²) in [6.45, 7) is 3.41. The zero-order valence-electron chi connectivity index (χ0n) is 15.8. The predicted molar refractivity (Wildman–Crippen MR) is 105 cm³/mol. The van der Waals surface area contributed by atoms with E-state index in [-0.39, 0.29) is 12.4 Å². The van der Waals surface area contributed by atoms with Gasteiger partial charge in [-0.3, -0.25) is 4.79 Å². The molecule has 1 aliphatic rings. The lowest BCUT2D eigenvalue weighted by Gasteiger charge is -2.32. The van der Waals surface area contributed by atoms with Crippen molar-refractivity contribution in [2.75, 3.05) is 13.2 Å². The molecule has 4 rings (SSSR count). The Kier molecular flexibility index (Phi) is 4.50. The second-order valence-electron chi connectivity index (χ2n) is 7.71. The highest BCUT2D eigenvalue weighted by Crippen LogP contribution is 2.44. The summed E-state index contributed by atoms with van der Waals surface area (Å²) in [4.78, 5) is 16.6. The number of ketones is 1.